The number of aromatic nitrogens is 1. The lowest BCUT2D eigenvalue weighted by atomic mass is 10.1. The molecule has 0 bridgehead atoms. The number of nitrogens with one attached hydrogen (secondary N) is 1. The summed E-state index contributed by atoms with van der Waals surface area (Å²) in [5.41, 5.74) is 8.93. The molecular formula is C26H29FN6O2S. The molecule has 1 aromatic heterocycles. The second kappa shape index (κ2) is 11.3. The highest BCUT2D eigenvalue weighted by molar-refractivity contribution is 7.22. The first-order valence-corrected chi connectivity index (χ1v) is 12.4. The SMILES string of the molecule is CN(C)CCCN(CC1=CN(c2ccccc2N)C(C=O)C=C1)C(=O)Nc1nc2ccc(F)cc2s1. The molecule has 188 valence electrons. The van der Waals surface area contributed by atoms with E-state index in [2.05, 4.69) is 15.2 Å². The molecule has 3 aromatic rings. The molecule has 0 spiro atoms. The Morgan fingerprint density at radius 1 is 1.25 bits per heavy atom. The Kier molecular flexibility index (Phi) is 7.97. The molecule has 36 heavy (non-hydrogen) atoms. The molecule has 1 aliphatic heterocycles. The van der Waals surface area contributed by atoms with Gasteiger partial charge in [-0.25, -0.2) is 14.2 Å². The van der Waals surface area contributed by atoms with Crippen molar-refractivity contribution in [2.24, 2.45) is 0 Å². The highest BCUT2D eigenvalue weighted by Gasteiger charge is 2.23. The second-order valence-corrected chi connectivity index (χ2v) is 9.83. The Labute approximate surface area is 213 Å². The molecule has 2 heterocycles. The van der Waals surface area contributed by atoms with E-state index < -0.39 is 6.04 Å². The summed E-state index contributed by atoms with van der Waals surface area (Å²) in [4.78, 5) is 35.0. The minimum Gasteiger partial charge on any atom is -0.397 e. The van der Waals surface area contributed by atoms with E-state index in [1.165, 1.54) is 23.5 Å². The lowest BCUT2D eigenvalue weighted by molar-refractivity contribution is -0.108. The number of carbonyl (C=O) groups excluding carboxylic acids is 2. The van der Waals surface area contributed by atoms with E-state index in [1.54, 1.807) is 23.1 Å². The maximum absolute atomic E-state index is 13.6. The van der Waals surface area contributed by atoms with Crippen LogP contribution in [-0.4, -0.2) is 66.9 Å². The van der Waals surface area contributed by atoms with E-state index in [1.807, 2.05) is 49.5 Å². The Balaban J connectivity index is 1.55. The van der Waals surface area contributed by atoms with Crippen LogP contribution in [0.1, 0.15) is 6.42 Å². The summed E-state index contributed by atoms with van der Waals surface area (Å²) in [5.74, 6) is -0.345. The van der Waals surface area contributed by atoms with E-state index in [9.17, 15) is 14.0 Å². The van der Waals surface area contributed by atoms with Gasteiger partial charge in [0.1, 0.15) is 18.1 Å². The van der Waals surface area contributed by atoms with Crippen LogP contribution >= 0.6 is 11.3 Å². The molecule has 4 rings (SSSR count). The largest absolute Gasteiger partial charge is 0.397 e. The van der Waals surface area contributed by atoms with Gasteiger partial charge in [-0.1, -0.05) is 35.6 Å². The van der Waals surface area contributed by atoms with Crippen molar-refractivity contribution in [3.05, 3.63) is 72.2 Å². The number of carbonyl (C=O) groups is 2. The predicted octanol–water partition coefficient (Wildman–Crippen LogP) is 4.33. The van der Waals surface area contributed by atoms with Gasteiger partial charge in [-0.2, -0.15) is 0 Å². The number of nitrogens with two attached hydrogens (primary N) is 1. The van der Waals surface area contributed by atoms with Gasteiger partial charge in [0.05, 0.1) is 21.6 Å². The second-order valence-electron chi connectivity index (χ2n) is 8.80. The number of nitrogen functional groups attached to an aromatic ring is 1. The maximum atomic E-state index is 13.6. The number of benzene rings is 2. The zero-order chi connectivity index (χ0) is 25.7. The molecule has 0 fully saturated rings. The fraction of sp³-hybridized carbons (Fsp3) is 0.269. The van der Waals surface area contributed by atoms with Crippen molar-refractivity contribution in [1.82, 2.24) is 14.8 Å². The van der Waals surface area contributed by atoms with E-state index in [0.29, 0.717) is 34.1 Å². The summed E-state index contributed by atoms with van der Waals surface area (Å²) < 4.78 is 14.2. The number of thiazole rings is 1. The number of fused-ring (bicyclic) bond motifs is 1. The summed E-state index contributed by atoms with van der Waals surface area (Å²) in [7, 11) is 3.97. The van der Waals surface area contributed by atoms with Crippen LogP contribution in [0.5, 0.6) is 0 Å². The topological polar surface area (TPSA) is 94.8 Å². The monoisotopic (exact) mass is 508 g/mol. The number of hydrogen-bond acceptors (Lipinski definition) is 7. The third kappa shape index (κ3) is 6.07. The molecule has 1 atom stereocenters. The molecule has 0 saturated heterocycles. The summed E-state index contributed by atoms with van der Waals surface area (Å²) in [6.07, 6.45) is 7.15. The quantitative estimate of drug-likeness (QED) is 0.330. The predicted molar refractivity (Wildman–Crippen MR) is 144 cm³/mol. The zero-order valence-corrected chi connectivity index (χ0v) is 21.0. The van der Waals surface area contributed by atoms with Crippen molar-refractivity contribution < 1.29 is 14.0 Å². The van der Waals surface area contributed by atoms with E-state index in [0.717, 1.165) is 30.5 Å². The van der Waals surface area contributed by atoms with Crippen molar-refractivity contribution in [1.29, 1.82) is 0 Å². The van der Waals surface area contributed by atoms with Gasteiger partial charge in [-0.05, 0) is 63.0 Å². The van der Waals surface area contributed by atoms with Crippen LogP contribution in [0.4, 0.5) is 25.7 Å². The van der Waals surface area contributed by atoms with E-state index >= 15 is 0 Å². The third-order valence-electron chi connectivity index (χ3n) is 5.75. The summed E-state index contributed by atoms with van der Waals surface area (Å²) in [6, 6.07) is 10.9. The number of aldehydes is 1. The van der Waals surface area contributed by atoms with Crippen LogP contribution in [0.3, 0.4) is 0 Å². The van der Waals surface area contributed by atoms with Crippen molar-refractivity contribution in [3.8, 4) is 0 Å². The van der Waals surface area contributed by atoms with Gasteiger partial charge >= 0.3 is 6.03 Å². The standard InChI is InChI=1S/C26H29FN6O2S/c1-31(2)12-5-13-32(26(35)30-25-29-22-11-9-19(27)14-24(22)36-25)15-18-8-10-20(17-34)33(16-18)23-7-4-3-6-21(23)28/h3-4,6-11,14,16-17,20H,5,12-13,15,28H2,1-2H3,(H,29,30,35). The first-order valence-electron chi connectivity index (χ1n) is 11.6. The minimum absolute atomic E-state index is 0.300. The fourth-order valence-electron chi connectivity index (χ4n) is 3.95. The van der Waals surface area contributed by atoms with Crippen molar-refractivity contribution in [2.45, 2.75) is 12.5 Å². The number of para-hydroxylation sites is 2. The highest BCUT2D eigenvalue weighted by Crippen LogP contribution is 2.29. The van der Waals surface area contributed by atoms with Crippen molar-refractivity contribution >= 4 is 50.4 Å². The Bertz CT molecular complexity index is 1300. The number of urea groups is 1. The first-order chi connectivity index (χ1) is 17.3. The fourth-order valence-corrected chi connectivity index (χ4v) is 4.83. The average molecular weight is 509 g/mol. The van der Waals surface area contributed by atoms with Gasteiger partial charge in [0, 0.05) is 19.3 Å². The minimum atomic E-state index is -0.488. The lowest BCUT2D eigenvalue weighted by Crippen LogP contribution is -2.40. The molecule has 1 unspecified atom stereocenters. The van der Waals surface area contributed by atoms with Gasteiger partial charge in [0.2, 0.25) is 0 Å². The molecule has 3 N–H and O–H groups in total. The van der Waals surface area contributed by atoms with E-state index in [-0.39, 0.29) is 11.8 Å². The number of hydrogen-bond donors (Lipinski definition) is 2. The highest BCUT2D eigenvalue weighted by atomic mass is 32.1. The number of halogens is 1. The molecule has 0 aliphatic carbocycles. The van der Waals surface area contributed by atoms with Gasteiger partial charge < -0.3 is 25.2 Å². The number of anilines is 3. The molecule has 8 nitrogen and oxygen atoms in total. The summed E-state index contributed by atoms with van der Waals surface area (Å²) >= 11 is 1.23. The molecule has 0 saturated carbocycles. The molecule has 0 radical (unpaired) electrons. The van der Waals surface area contributed by atoms with Crippen molar-refractivity contribution in [2.75, 3.05) is 49.7 Å². The van der Waals surface area contributed by atoms with Gasteiger partial charge in [-0.3, -0.25) is 5.32 Å². The van der Waals surface area contributed by atoms with Crippen molar-refractivity contribution in [3.63, 3.8) is 0 Å². The van der Waals surface area contributed by atoms with Crippen LogP contribution < -0.4 is 16.0 Å². The van der Waals surface area contributed by atoms with Crippen LogP contribution in [0, 0.1) is 5.82 Å². The van der Waals surface area contributed by atoms with Crippen LogP contribution in [0.15, 0.2) is 66.4 Å². The van der Waals surface area contributed by atoms with E-state index in [4.69, 9.17) is 5.73 Å². The summed E-state index contributed by atoms with van der Waals surface area (Å²) in [5, 5.41) is 3.28. The van der Waals surface area contributed by atoms with Gasteiger partial charge in [0.25, 0.3) is 0 Å². The van der Waals surface area contributed by atoms with Gasteiger partial charge in [-0.15, -0.1) is 0 Å². The normalized spacial score (nSPS) is 15.3. The van der Waals surface area contributed by atoms with Crippen LogP contribution in [0.2, 0.25) is 0 Å². The third-order valence-corrected chi connectivity index (χ3v) is 6.68. The maximum Gasteiger partial charge on any atom is 0.323 e. The Morgan fingerprint density at radius 3 is 2.81 bits per heavy atom. The van der Waals surface area contributed by atoms with Gasteiger partial charge in [0.15, 0.2) is 5.13 Å². The smallest absolute Gasteiger partial charge is 0.323 e. The first kappa shape index (κ1) is 25.3. The number of rotatable bonds is 9. The molecule has 2 aromatic carbocycles. The Morgan fingerprint density at radius 2 is 2.06 bits per heavy atom. The molecule has 2 amide bonds. The molecular weight excluding hydrogens is 479 g/mol. The number of amides is 2. The average Bonchev–Trinajstić information content (AvgIpc) is 3.24. The van der Waals surface area contributed by atoms with Crippen LogP contribution in [-0.2, 0) is 4.79 Å². The molecule has 1 aliphatic rings. The molecule has 10 heteroatoms. The number of nitrogens with zero attached hydrogens (tertiary/aromatic N) is 4. The lowest BCUT2D eigenvalue weighted by Gasteiger charge is -2.31. The zero-order valence-electron chi connectivity index (χ0n) is 20.2. The Hall–Kier alpha value is -3.76. The summed E-state index contributed by atoms with van der Waals surface area (Å²) in [6.45, 7) is 1.66. The van der Waals surface area contributed by atoms with Crippen LogP contribution in [0.25, 0.3) is 10.2 Å².